The van der Waals surface area contributed by atoms with Crippen molar-refractivity contribution in [1.82, 2.24) is 0 Å². The van der Waals surface area contributed by atoms with Crippen LogP contribution in [-0.2, 0) is 0 Å². The first kappa shape index (κ1) is 20.7. The fraction of sp³-hybridized carbons (Fsp3) is 0.133. The molecule has 0 aliphatic carbocycles. The second-order valence-electron chi connectivity index (χ2n) is 8.30. The highest BCUT2D eigenvalue weighted by molar-refractivity contribution is 5.80. The Hall–Kier alpha value is -3.58. The minimum atomic E-state index is 1.17. The third kappa shape index (κ3) is 4.95. The number of rotatable bonds is 5. The Morgan fingerprint density at radius 3 is 1.39 bits per heavy atom. The summed E-state index contributed by atoms with van der Waals surface area (Å²) in [5.41, 5.74) is 11.0. The molecule has 0 N–H and O–H groups in total. The molecule has 0 aliphatic heterocycles. The van der Waals surface area contributed by atoms with Gasteiger partial charge in [-0.3, -0.25) is 0 Å². The van der Waals surface area contributed by atoms with E-state index in [2.05, 4.69) is 136 Å². The van der Waals surface area contributed by atoms with Crippen LogP contribution in [0.15, 0.2) is 91.0 Å². The molecule has 31 heavy (non-hydrogen) atoms. The van der Waals surface area contributed by atoms with Crippen LogP contribution in [-0.4, -0.2) is 0 Å². The van der Waals surface area contributed by atoms with E-state index in [1.54, 1.807) is 0 Å². The zero-order chi connectivity index (χ0) is 21.8. The molecule has 0 bridgehead atoms. The van der Waals surface area contributed by atoms with E-state index in [4.69, 9.17) is 0 Å². The van der Waals surface area contributed by atoms with Gasteiger partial charge in [0.15, 0.2) is 0 Å². The lowest BCUT2D eigenvalue weighted by Crippen LogP contribution is -2.11. The summed E-state index contributed by atoms with van der Waals surface area (Å²) in [7, 11) is 0. The highest BCUT2D eigenvalue weighted by Gasteiger charge is 2.14. The van der Waals surface area contributed by atoms with Gasteiger partial charge < -0.3 is 4.90 Å². The predicted octanol–water partition coefficient (Wildman–Crippen LogP) is 8.56. The van der Waals surface area contributed by atoms with Crippen molar-refractivity contribution in [2.75, 3.05) is 4.90 Å². The zero-order valence-electron chi connectivity index (χ0n) is 18.8. The number of benzene rings is 4. The molecule has 0 fully saturated rings. The van der Waals surface area contributed by atoms with Gasteiger partial charge in [0.05, 0.1) is 0 Å². The number of aryl methyl sites for hydroxylation is 4. The van der Waals surface area contributed by atoms with Gasteiger partial charge in [-0.15, -0.1) is 0 Å². The largest absolute Gasteiger partial charge is 0.310 e. The monoisotopic (exact) mass is 403 g/mol. The molecule has 4 aromatic carbocycles. The molecule has 0 saturated heterocycles. The molecule has 4 rings (SSSR count). The van der Waals surface area contributed by atoms with E-state index in [-0.39, 0.29) is 0 Å². The Bertz CT molecular complexity index is 1140. The Kier molecular flexibility index (Phi) is 6.04. The molecule has 1 nitrogen and oxygen atoms in total. The average Bonchev–Trinajstić information content (AvgIpc) is 2.77. The predicted molar refractivity (Wildman–Crippen MR) is 135 cm³/mol. The lowest BCUT2D eigenvalue weighted by molar-refractivity contribution is 1.24. The number of nitrogens with zero attached hydrogens (tertiary/aromatic N) is 1. The molecule has 0 heterocycles. The van der Waals surface area contributed by atoms with E-state index in [9.17, 15) is 0 Å². The molecule has 1 heteroatoms. The Morgan fingerprint density at radius 2 is 0.903 bits per heavy atom. The van der Waals surface area contributed by atoms with Gasteiger partial charge in [0.25, 0.3) is 0 Å². The third-order valence-corrected chi connectivity index (χ3v) is 5.59. The first-order valence-electron chi connectivity index (χ1n) is 10.8. The van der Waals surface area contributed by atoms with Gasteiger partial charge in [-0.1, -0.05) is 83.4 Å². The van der Waals surface area contributed by atoms with E-state index in [1.165, 1.54) is 50.4 Å². The van der Waals surface area contributed by atoms with Crippen LogP contribution in [0, 0.1) is 27.7 Å². The quantitative estimate of drug-likeness (QED) is 0.302. The summed E-state index contributed by atoms with van der Waals surface area (Å²) in [6.45, 7) is 8.55. The van der Waals surface area contributed by atoms with Crippen molar-refractivity contribution in [2.24, 2.45) is 0 Å². The first-order chi connectivity index (χ1) is 15.0. The molecular formula is C30H29N. The topological polar surface area (TPSA) is 3.24 Å². The molecule has 0 atom stereocenters. The number of hydrogen-bond donors (Lipinski definition) is 0. The van der Waals surface area contributed by atoms with Crippen LogP contribution in [0.4, 0.5) is 17.1 Å². The van der Waals surface area contributed by atoms with Gasteiger partial charge in [-0.05, 0) is 80.8 Å². The summed E-state index contributed by atoms with van der Waals surface area (Å²) in [5.74, 6) is 0. The maximum Gasteiger partial charge on any atom is 0.0491 e. The number of hydrogen-bond acceptors (Lipinski definition) is 1. The Morgan fingerprint density at radius 1 is 0.484 bits per heavy atom. The summed E-state index contributed by atoms with van der Waals surface area (Å²) in [4.78, 5) is 2.34. The van der Waals surface area contributed by atoms with Crippen molar-refractivity contribution in [1.29, 1.82) is 0 Å². The SMILES string of the molecule is Cc1ccc(C=Cc2ccc(N(c3ccc(C)cc3)c3ccc(C)cc3)c(C)c2)cc1. The van der Waals surface area contributed by atoms with Crippen LogP contribution in [0.25, 0.3) is 12.2 Å². The van der Waals surface area contributed by atoms with E-state index < -0.39 is 0 Å². The minimum Gasteiger partial charge on any atom is -0.310 e. The van der Waals surface area contributed by atoms with Gasteiger partial charge in [-0.25, -0.2) is 0 Å². The van der Waals surface area contributed by atoms with Gasteiger partial charge in [-0.2, -0.15) is 0 Å². The van der Waals surface area contributed by atoms with E-state index in [0.717, 1.165) is 0 Å². The average molecular weight is 404 g/mol. The fourth-order valence-electron chi connectivity index (χ4n) is 3.72. The second kappa shape index (κ2) is 9.06. The van der Waals surface area contributed by atoms with Gasteiger partial charge in [0, 0.05) is 17.1 Å². The molecule has 0 unspecified atom stereocenters. The first-order valence-corrected chi connectivity index (χ1v) is 10.8. The highest BCUT2D eigenvalue weighted by Crippen LogP contribution is 2.37. The van der Waals surface area contributed by atoms with Gasteiger partial charge in [0.1, 0.15) is 0 Å². The summed E-state index contributed by atoms with van der Waals surface area (Å²) in [6.07, 6.45) is 4.36. The molecule has 154 valence electrons. The van der Waals surface area contributed by atoms with Crippen LogP contribution in [0.3, 0.4) is 0 Å². The molecule has 4 aromatic rings. The zero-order valence-corrected chi connectivity index (χ0v) is 18.8. The van der Waals surface area contributed by atoms with Crippen LogP contribution in [0.1, 0.15) is 33.4 Å². The van der Waals surface area contributed by atoms with Crippen molar-refractivity contribution in [3.63, 3.8) is 0 Å². The Labute approximate surface area is 186 Å². The summed E-state index contributed by atoms with van der Waals surface area (Å²) in [5, 5.41) is 0. The summed E-state index contributed by atoms with van der Waals surface area (Å²) in [6, 6.07) is 32.8. The number of anilines is 3. The summed E-state index contributed by atoms with van der Waals surface area (Å²) < 4.78 is 0. The molecule has 0 amide bonds. The van der Waals surface area contributed by atoms with E-state index in [0.29, 0.717) is 0 Å². The van der Waals surface area contributed by atoms with Crippen LogP contribution in [0.2, 0.25) is 0 Å². The lowest BCUT2D eigenvalue weighted by atomic mass is 10.0. The standard InChI is InChI=1S/C30H29N/c1-22-5-11-26(12-6-22)13-14-27-15-20-30(25(4)21-27)31(28-16-7-23(2)8-17-28)29-18-9-24(3)10-19-29/h5-21H,1-4H3. The summed E-state index contributed by atoms with van der Waals surface area (Å²) >= 11 is 0. The Balaban J connectivity index is 1.70. The molecule has 0 aliphatic rings. The molecule has 0 aromatic heterocycles. The van der Waals surface area contributed by atoms with Crippen molar-refractivity contribution >= 4 is 29.2 Å². The molecule has 0 saturated carbocycles. The van der Waals surface area contributed by atoms with Crippen molar-refractivity contribution < 1.29 is 0 Å². The van der Waals surface area contributed by atoms with Crippen LogP contribution < -0.4 is 4.90 Å². The highest BCUT2D eigenvalue weighted by atomic mass is 15.1. The van der Waals surface area contributed by atoms with E-state index in [1.807, 2.05) is 0 Å². The molecule has 0 spiro atoms. The maximum absolute atomic E-state index is 2.34. The van der Waals surface area contributed by atoms with Gasteiger partial charge in [0.2, 0.25) is 0 Å². The molecular weight excluding hydrogens is 374 g/mol. The fourth-order valence-corrected chi connectivity index (χ4v) is 3.72. The molecule has 0 radical (unpaired) electrons. The van der Waals surface area contributed by atoms with Gasteiger partial charge >= 0.3 is 0 Å². The smallest absolute Gasteiger partial charge is 0.0491 e. The van der Waals surface area contributed by atoms with E-state index >= 15 is 0 Å². The normalized spacial score (nSPS) is 11.1. The van der Waals surface area contributed by atoms with Crippen molar-refractivity contribution in [2.45, 2.75) is 27.7 Å². The van der Waals surface area contributed by atoms with Crippen LogP contribution >= 0.6 is 0 Å². The minimum absolute atomic E-state index is 1.17. The maximum atomic E-state index is 2.34. The third-order valence-electron chi connectivity index (χ3n) is 5.59. The van der Waals surface area contributed by atoms with Crippen molar-refractivity contribution in [3.05, 3.63) is 124 Å². The van der Waals surface area contributed by atoms with Crippen molar-refractivity contribution in [3.8, 4) is 0 Å². The second-order valence-corrected chi connectivity index (χ2v) is 8.30. The lowest BCUT2D eigenvalue weighted by Gasteiger charge is -2.27. The van der Waals surface area contributed by atoms with Crippen LogP contribution in [0.5, 0.6) is 0 Å².